The van der Waals surface area contributed by atoms with Crippen molar-refractivity contribution in [1.82, 2.24) is 15.4 Å². The summed E-state index contributed by atoms with van der Waals surface area (Å²) in [5, 5.41) is 13.5. The van der Waals surface area contributed by atoms with Crippen molar-refractivity contribution in [2.24, 2.45) is 0 Å². The maximum atomic E-state index is 14.3. The Morgan fingerprint density at radius 1 is 1.10 bits per heavy atom. The van der Waals surface area contributed by atoms with E-state index >= 15 is 0 Å². The molecule has 3 aromatic carbocycles. The normalized spacial score (nSPS) is 13.1. The Morgan fingerprint density at radius 3 is 2.60 bits per heavy atom. The number of nitrogens with one attached hydrogen (secondary N) is 3. The number of hydrazine groups is 1. The number of phenols is 1. The molecule has 0 saturated carbocycles. The third-order valence-electron chi connectivity index (χ3n) is 6.46. The van der Waals surface area contributed by atoms with Crippen LogP contribution in [0.5, 0.6) is 5.75 Å². The van der Waals surface area contributed by atoms with Gasteiger partial charge in [-0.25, -0.2) is 9.37 Å². The van der Waals surface area contributed by atoms with Gasteiger partial charge in [0.2, 0.25) is 5.95 Å². The Labute approximate surface area is 236 Å². The zero-order valence-corrected chi connectivity index (χ0v) is 22.5. The molecule has 4 aromatic rings. The van der Waals surface area contributed by atoms with E-state index in [9.17, 15) is 14.3 Å². The van der Waals surface area contributed by atoms with Gasteiger partial charge in [-0.15, -0.1) is 0 Å². The first-order valence-electron chi connectivity index (χ1n) is 12.8. The molecule has 1 saturated heterocycles. The summed E-state index contributed by atoms with van der Waals surface area (Å²) >= 11 is 6.59. The van der Waals surface area contributed by atoms with Crippen molar-refractivity contribution in [2.45, 2.75) is 13.3 Å². The number of halogens is 2. The van der Waals surface area contributed by atoms with E-state index in [2.05, 4.69) is 26.1 Å². The minimum Gasteiger partial charge on any atom is -0.508 e. The third kappa shape index (κ3) is 6.24. The van der Waals surface area contributed by atoms with Crippen LogP contribution in [0.1, 0.15) is 22.8 Å². The minimum absolute atomic E-state index is 0.0605. The number of phenolic OH excluding ortho intramolecular Hbond substituents is 1. The molecule has 1 aliphatic heterocycles. The lowest BCUT2D eigenvalue weighted by Gasteiger charge is -2.28. The van der Waals surface area contributed by atoms with Crippen molar-refractivity contribution >= 4 is 40.6 Å². The fourth-order valence-electron chi connectivity index (χ4n) is 4.43. The number of benzene rings is 3. The van der Waals surface area contributed by atoms with E-state index in [-0.39, 0.29) is 17.5 Å². The summed E-state index contributed by atoms with van der Waals surface area (Å²) in [6.07, 6.45) is 1.64. The maximum absolute atomic E-state index is 14.3. The number of aromatic nitrogens is 2. The van der Waals surface area contributed by atoms with Gasteiger partial charge in [0, 0.05) is 24.3 Å². The molecule has 0 bridgehead atoms. The van der Waals surface area contributed by atoms with E-state index in [1.165, 1.54) is 0 Å². The predicted molar refractivity (Wildman–Crippen MR) is 154 cm³/mol. The largest absolute Gasteiger partial charge is 0.508 e. The van der Waals surface area contributed by atoms with Crippen molar-refractivity contribution in [3.05, 3.63) is 88.8 Å². The van der Waals surface area contributed by atoms with Crippen LogP contribution >= 0.6 is 11.6 Å². The number of hydrogen-bond acceptors (Lipinski definition) is 8. The lowest BCUT2D eigenvalue weighted by molar-refractivity contribution is 0.0961. The van der Waals surface area contributed by atoms with Crippen LogP contribution in [0.4, 0.5) is 27.5 Å². The number of rotatable bonds is 8. The van der Waals surface area contributed by atoms with Crippen LogP contribution in [-0.4, -0.2) is 47.3 Å². The Bertz CT molecular complexity index is 1530. The number of amides is 1. The SMILES string of the molecule is CCc1cc(Nc2cccc(-c3cccc(O)c3)c2)c(Cl)cc1C(=O)NNc1ncc(F)c(N2CCOCC2)n1. The van der Waals surface area contributed by atoms with Gasteiger partial charge in [0.05, 0.1) is 30.1 Å². The molecule has 0 radical (unpaired) electrons. The summed E-state index contributed by atoms with van der Waals surface area (Å²) in [5.74, 6) is -0.578. The number of carbonyl (C=O) groups excluding carboxylic acids is 1. The van der Waals surface area contributed by atoms with E-state index in [0.29, 0.717) is 49.0 Å². The van der Waals surface area contributed by atoms with Gasteiger partial charge < -0.3 is 20.1 Å². The minimum atomic E-state index is -0.547. The maximum Gasteiger partial charge on any atom is 0.270 e. The molecule has 11 heteroatoms. The second kappa shape index (κ2) is 12.2. The van der Waals surface area contributed by atoms with Gasteiger partial charge in [-0.2, -0.15) is 4.98 Å². The summed E-state index contributed by atoms with van der Waals surface area (Å²) in [5.41, 5.74) is 9.67. The lowest BCUT2D eigenvalue weighted by Crippen LogP contribution is -2.38. The molecule has 0 spiro atoms. The van der Waals surface area contributed by atoms with Crippen LogP contribution in [0.2, 0.25) is 5.02 Å². The van der Waals surface area contributed by atoms with Crippen LogP contribution in [0.15, 0.2) is 66.9 Å². The molecule has 4 N–H and O–H groups in total. The van der Waals surface area contributed by atoms with Gasteiger partial charge in [-0.3, -0.25) is 15.6 Å². The lowest BCUT2D eigenvalue weighted by atomic mass is 10.0. The molecule has 40 heavy (non-hydrogen) atoms. The highest BCUT2D eigenvalue weighted by Gasteiger charge is 2.19. The molecule has 1 aliphatic rings. The molecule has 0 unspecified atom stereocenters. The van der Waals surface area contributed by atoms with Crippen molar-refractivity contribution in [1.29, 1.82) is 0 Å². The third-order valence-corrected chi connectivity index (χ3v) is 6.78. The van der Waals surface area contributed by atoms with Gasteiger partial charge in [-0.1, -0.05) is 42.8 Å². The molecule has 1 amide bonds. The number of anilines is 4. The first-order valence-corrected chi connectivity index (χ1v) is 13.2. The molecular weight excluding hydrogens is 535 g/mol. The Morgan fingerprint density at radius 2 is 1.85 bits per heavy atom. The zero-order valence-electron chi connectivity index (χ0n) is 21.7. The van der Waals surface area contributed by atoms with Crippen LogP contribution in [0.25, 0.3) is 11.1 Å². The number of carbonyl (C=O) groups is 1. The smallest absolute Gasteiger partial charge is 0.270 e. The molecule has 1 fully saturated rings. The molecule has 1 aromatic heterocycles. The molecular formula is C29H28ClFN6O3. The number of morpholine rings is 1. The van der Waals surface area contributed by atoms with Crippen LogP contribution in [-0.2, 0) is 11.2 Å². The number of aromatic hydroxyl groups is 1. The highest BCUT2D eigenvalue weighted by atomic mass is 35.5. The Hall–Kier alpha value is -4.41. The van der Waals surface area contributed by atoms with Crippen LogP contribution in [0.3, 0.4) is 0 Å². The molecule has 2 heterocycles. The fraction of sp³-hybridized carbons (Fsp3) is 0.207. The molecule has 206 valence electrons. The zero-order chi connectivity index (χ0) is 28.1. The van der Waals surface area contributed by atoms with E-state index in [4.69, 9.17) is 16.3 Å². The average molecular weight is 563 g/mol. The van der Waals surface area contributed by atoms with E-state index in [1.54, 1.807) is 29.2 Å². The standard InChI is InChI=1S/C29H28ClFN6O3/c1-2-18-15-26(33-21-7-3-5-19(13-21)20-6-4-8-22(38)14-20)24(30)16-23(18)28(39)35-36-29-32-17-25(31)27(34-29)37-9-11-40-12-10-37/h3-8,13-17,33,38H,2,9-12H2,1H3,(H,35,39)(H,32,34,36). The molecule has 5 rings (SSSR count). The summed E-state index contributed by atoms with van der Waals surface area (Å²) in [6, 6.07) is 18.2. The van der Waals surface area contributed by atoms with Gasteiger partial charge in [0.1, 0.15) is 5.75 Å². The van der Waals surface area contributed by atoms with Gasteiger partial charge in [-0.05, 0) is 59.5 Å². The van der Waals surface area contributed by atoms with E-state index in [1.807, 2.05) is 43.3 Å². The highest BCUT2D eigenvalue weighted by Crippen LogP contribution is 2.32. The van der Waals surface area contributed by atoms with Crippen LogP contribution in [0, 0.1) is 5.82 Å². The second-order valence-electron chi connectivity index (χ2n) is 9.14. The van der Waals surface area contributed by atoms with Crippen molar-refractivity contribution in [2.75, 3.05) is 41.9 Å². The number of nitrogens with zero attached hydrogens (tertiary/aromatic N) is 3. The molecule has 0 aliphatic carbocycles. The average Bonchev–Trinajstić information content (AvgIpc) is 2.98. The first-order chi connectivity index (χ1) is 19.4. The number of aryl methyl sites for hydroxylation is 1. The summed E-state index contributed by atoms with van der Waals surface area (Å²) in [4.78, 5) is 23.0. The van der Waals surface area contributed by atoms with Crippen LogP contribution < -0.4 is 21.1 Å². The highest BCUT2D eigenvalue weighted by molar-refractivity contribution is 6.33. The predicted octanol–water partition coefficient (Wildman–Crippen LogP) is 5.54. The summed E-state index contributed by atoms with van der Waals surface area (Å²) < 4.78 is 19.6. The van der Waals surface area contributed by atoms with E-state index in [0.717, 1.165) is 28.6 Å². The monoisotopic (exact) mass is 562 g/mol. The van der Waals surface area contributed by atoms with E-state index < -0.39 is 11.7 Å². The summed E-state index contributed by atoms with van der Waals surface area (Å²) in [7, 11) is 0. The number of ether oxygens (including phenoxy) is 1. The Balaban J connectivity index is 1.30. The molecule has 9 nitrogen and oxygen atoms in total. The van der Waals surface area contributed by atoms with Gasteiger partial charge in [0.25, 0.3) is 5.91 Å². The first kappa shape index (κ1) is 27.2. The Kier molecular flexibility index (Phi) is 8.28. The second-order valence-corrected chi connectivity index (χ2v) is 9.55. The van der Waals surface area contributed by atoms with Crippen molar-refractivity contribution < 1.29 is 19.0 Å². The fourth-order valence-corrected chi connectivity index (χ4v) is 4.64. The number of hydrogen-bond donors (Lipinski definition) is 4. The van der Waals surface area contributed by atoms with Crippen molar-refractivity contribution in [3.63, 3.8) is 0 Å². The quantitative estimate of drug-likeness (QED) is 0.207. The molecule has 0 atom stereocenters. The summed E-state index contributed by atoms with van der Waals surface area (Å²) in [6.45, 7) is 3.93. The van der Waals surface area contributed by atoms with Crippen molar-refractivity contribution in [3.8, 4) is 16.9 Å². The van der Waals surface area contributed by atoms with Gasteiger partial charge >= 0.3 is 0 Å². The topological polar surface area (TPSA) is 112 Å². The van der Waals surface area contributed by atoms with Gasteiger partial charge in [0.15, 0.2) is 11.6 Å².